The van der Waals surface area contributed by atoms with Gasteiger partial charge in [0.2, 0.25) is 5.95 Å². The minimum atomic E-state index is -4.71. The first-order chi connectivity index (χ1) is 11.8. The van der Waals surface area contributed by atoms with Crippen LogP contribution in [0.1, 0.15) is 17.5 Å². The summed E-state index contributed by atoms with van der Waals surface area (Å²) in [6.45, 7) is 1.59. The average Bonchev–Trinajstić information content (AvgIpc) is 3.02. The fraction of sp³-hybridized carbons (Fsp3) is 0.353. The minimum absolute atomic E-state index is 0. The molecule has 1 aliphatic heterocycles. The molecule has 1 unspecified atom stereocenters. The van der Waals surface area contributed by atoms with Gasteiger partial charge < -0.3 is 10.2 Å². The molecule has 1 atom stereocenters. The normalized spacial score (nSPS) is 17.3. The third-order valence-electron chi connectivity index (χ3n) is 4.20. The molecular formula is C17H17ClF5N3. The van der Waals surface area contributed by atoms with E-state index < -0.39 is 23.5 Å². The van der Waals surface area contributed by atoms with Gasteiger partial charge in [-0.3, -0.25) is 0 Å². The third-order valence-corrected chi connectivity index (χ3v) is 4.20. The van der Waals surface area contributed by atoms with Crippen molar-refractivity contribution < 1.29 is 22.0 Å². The molecule has 1 aliphatic rings. The first-order valence-electron chi connectivity index (χ1n) is 7.78. The molecule has 3 rings (SSSR count). The Bertz CT molecular complexity index is 736. The Morgan fingerprint density at radius 1 is 1.15 bits per heavy atom. The molecule has 1 N–H and O–H groups in total. The lowest BCUT2D eigenvalue weighted by Crippen LogP contribution is -2.32. The molecule has 1 fully saturated rings. The van der Waals surface area contributed by atoms with Gasteiger partial charge in [0, 0.05) is 25.7 Å². The predicted molar refractivity (Wildman–Crippen MR) is 90.3 cm³/mol. The molecule has 26 heavy (non-hydrogen) atoms. The second-order valence-corrected chi connectivity index (χ2v) is 5.96. The van der Waals surface area contributed by atoms with Crippen LogP contribution in [0.2, 0.25) is 0 Å². The van der Waals surface area contributed by atoms with Gasteiger partial charge in [-0.15, -0.1) is 12.4 Å². The highest BCUT2D eigenvalue weighted by molar-refractivity contribution is 5.85. The van der Waals surface area contributed by atoms with Crippen LogP contribution in [0.25, 0.3) is 0 Å². The topological polar surface area (TPSA) is 28.2 Å². The first-order valence-corrected chi connectivity index (χ1v) is 7.78. The summed E-state index contributed by atoms with van der Waals surface area (Å²) in [6.07, 6.45) is -2.46. The number of hydrogen-bond acceptors (Lipinski definition) is 3. The maximum atomic E-state index is 13.3. The second-order valence-electron chi connectivity index (χ2n) is 5.96. The van der Waals surface area contributed by atoms with Crippen molar-refractivity contribution >= 4 is 18.1 Å². The van der Waals surface area contributed by atoms with E-state index in [1.54, 1.807) is 6.07 Å². The molecule has 2 aromatic rings. The molecule has 0 amide bonds. The summed E-state index contributed by atoms with van der Waals surface area (Å²) in [6, 6.07) is 6.01. The molecule has 1 saturated heterocycles. The Morgan fingerprint density at radius 3 is 2.58 bits per heavy atom. The van der Waals surface area contributed by atoms with Crippen LogP contribution in [0.3, 0.4) is 0 Å². The average molecular weight is 394 g/mol. The van der Waals surface area contributed by atoms with Crippen LogP contribution in [0, 0.1) is 11.8 Å². The van der Waals surface area contributed by atoms with Crippen LogP contribution in [-0.4, -0.2) is 24.1 Å². The Balaban J connectivity index is 0.00000243. The summed E-state index contributed by atoms with van der Waals surface area (Å²) in [5, 5.41) is 3.18. The number of alkyl halides is 3. The first kappa shape index (κ1) is 20.4. The Kier molecular flexibility index (Phi) is 6.41. The van der Waals surface area contributed by atoms with Gasteiger partial charge in [0.25, 0.3) is 0 Å². The van der Waals surface area contributed by atoms with Gasteiger partial charge >= 0.3 is 6.18 Å². The summed E-state index contributed by atoms with van der Waals surface area (Å²) < 4.78 is 64.4. The Hall–Kier alpha value is -1.93. The van der Waals surface area contributed by atoms with Crippen molar-refractivity contribution in [1.82, 2.24) is 10.3 Å². The molecule has 2 heterocycles. The molecule has 3 nitrogen and oxygen atoms in total. The van der Waals surface area contributed by atoms with E-state index in [1.165, 1.54) is 18.3 Å². The number of anilines is 1. The van der Waals surface area contributed by atoms with Crippen LogP contribution in [0.15, 0.2) is 36.5 Å². The fourth-order valence-electron chi connectivity index (χ4n) is 2.88. The standard InChI is InChI=1S/C17H16F5N3.ClH/c18-15-3-1-11(7-14(15)17(20,21)22)8-23-12-5-6-25(10-12)13-2-4-16(19)24-9-13;/h1-4,7,9,12,23H,5-6,8,10H2;1H. The summed E-state index contributed by atoms with van der Waals surface area (Å²) in [7, 11) is 0. The van der Waals surface area contributed by atoms with Gasteiger partial charge in [-0.1, -0.05) is 6.07 Å². The molecular weight excluding hydrogens is 377 g/mol. The third kappa shape index (κ3) is 4.82. The number of pyridine rings is 1. The van der Waals surface area contributed by atoms with Gasteiger partial charge in [-0.25, -0.2) is 9.37 Å². The van der Waals surface area contributed by atoms with Gasteiger partial charge in [0.05, 0.1) is 17.4 Å². The Morgan fingerprint density at radius 2 is 1.92 bits per heavy atom. The van der Waals surface area contributed by atoms with Crippen LogP contribution in [0.5, 0.6) is 0 Å². The molecule has 0 spiro atoms. The van der Waals surface area contributed by atoms with E-state index in [-0.39, 0.29) is 25.0 Å². The van der Waals surface area contributed by atoms with Crippen molar-refractivity contribution in [2.75, 3.05) is 18.0 Å². The molecule has 9 heteroatoms. The van der Waals surface area contributed by atoms with Crippen molar-refractivity contribution in [3.05, 3.63) is 59.4 Å². The van der Waals surface area contributed by atoms with Crippen LogP contribution >= 0.6 is 12.4 Å². The number of nitrogens with one attached hydrogen (secondary N) is 1. The molecule has 0 saturated carbocycles. The zero-order chi connectivity index (χ0) is 18.0. The molecule has 0 bridgehead atoms. The quantitative estimate of drug-likeness (QED) is 0.624. The van der Waals surface area contributed by atoms with E-state index in [0.717, 1.165) is 30.8 Å². The summed E-state index contributed by atoms with van der Waals surface area (Å²) >= 11 is 0. The number of nitrogens with zero attached hydrogens (tertiary/aromatic N) is 2. The number of hydrogen-bond donors (Lipinski definition) is 1. The van der Waals surface area contributed by atoms with Gasteiger partial charge in [0.1, 0.15) is 5.82 Å². The zero-order valence-corrected chi connectivity index (χ0v) is 14.4. The lowest BCUT2D eigenvalue weighted by atomic mass is 10.1. The fourth-order valence-corrected chi connectivity index (χ4v) is 2.88. The van der Waals surface area contributed by atoms with E-state index in [4.69, 9.17) is 0 Å². The van der Waals surface area contributed by atoms with Crippen molar-refractivity contribution in [3.8, 4) is 0 Å². The van der Waals surface area contributed by atoms with Crippen molar-refractivity contribution in [3.63, 3.8) is 0 Å². The van der Waals surface area contributed by atoms with Gasteiger partial charge in [0.15, 0.2) is 0 Å². The largest absolute Gasteiger partial charge is 0.419 e. The Labute approximate surface area is 153 Å². The maximum Gasteiger partial charge on any atom is 0.419 e. The smallest absolute Gasteiger partial charge is 0.369 e. The number of halogens is 6. The minimum Gasteiger partial charge on any atom is -0.369 e. The van der Waals surface area contributed by atoms with E-state index in [2.05, 4.69) is 10.3 Å². The van der Waals surface area contributed by atoms with E-state index in [0.29, 0.717) is 12.1 Å². The predicted octanol–water partition coefficient (Wildman–Crippen LogP) is 4.17. The monoisotopic (exact) mass is 393 g/mol. The molecule has 142 valence electrons. The van der Waals surface area contributed by atoms with Crippen LogP contribution in [-0.2, 0) is 12.7 Å². The number of benzene rings is 1. The highest BCUT2D eigenvalue weighted by Gasteiger charge is 2.34. The van der Waals surface area contributed by atoms with Crippen molar-refractivity contribution in [2.24, 2.45) is 0 Å². The van der Waals surface area contributed by atoms with Crippen molar-refractivity contribution in [1.29, 1.82) is 0 Å². The summed E-state index contributed by atoms with van der Waals surface area (Å²) in [5.74, 6) is -1.82. The van der Waals surface area contributed by atoms with E-state index >= 15 is 0 Å². The molecule has 0 aliphatic carbocycles. The van der Waals surface area contributed by atoms with Crippen LogP contribution in [0.4, 0.5) is 27.6 Å². The van der Waals surface area contributed by atoms with Crippen LogP contribution < -0.4 is 10.2 Å². The summed E-state index contributed by atoms with van der Waals surface area (Å²) in [4.78, 5) is 5.64. The number of rotatable bonds is 4. The highest BCUT2D eigenvalue weighted by Crippen LogP contribution is 2.32. The molecule has 1 aromatic carbocycles. The van der Waals surface area contributed by atoms with E-state index in [1.807, 2.05) is 4.90 Å². The van der Waals surface area contributed by atoms with Gasteiger partial charge in [-0.2, -0.15) is 17.6 Å². The maximum absolute atomic E-state index is 13.3. The summed E-state index contributed by atoms with van der Waals surface area (Å²) in [5.41, 5.74) is -0.0836. The SMILES string of the molecule is Cl.Fc1ccc(N2CCC(NCc3ccc(F)c(C(F)(F)F)c3)C2)cn1. The molecule has 1 aromatic heterocycles. The van der Waals surface area contributed by atoms with Crippen molar-refractivity contribution in [2.45, 2.75) is 25.2 Å². The number of aromatic nitrogens is 1. The van der Waals surface area contributed by atoms with E-state index in [9.17, 15) is 22.0 Å². The molecule has 0 radical (unpaired) electrons. The zero-order valence-electron chi connectivity index (χ0n) is 13.6. The van der Waals surface area contributed by atoms with Gasteiger partial charge in [-0.05, 0) is 36.2 Å². The second kappa shape index (κ2) is 8.18. The lowest BCUT2D eigenvalue weighted by molar-refractivity contribution is -0.140. The highest BCUT2D eigenvalue weighted by atomic mass is 35.5. The lowest BCUT2D eigenvalue weighted by Gasteiger charge is -2.19.